The maximum atomic E-state index is 12.8. The predicted molar refractivity (Wildman–Crippen MR) is 115 cm³/mol. The number of hydrogen-bond donors (Lipinski definition) is 1. The normalized spacial score (nSPS) is 18.7. The van der Waals surface area contributed by atoms with E-state index in [1.54, 1.807) is 24.3 Å². The molecule has 164 valence electrons. The summed E-state index contributed by atoms with van der Waals surface area (Å²) in [6.45, 7) is 0.408. The largest absolute Gasteiger partial charge is 0.507 e. The molecule has 9 heteroatoms. The molecular formula is C22H24N2O6S. The molecule has 3 rings (SSSR count). The first-order chi connectivity index (χ1) is 14.7. The maximum Gasteiger partial charge on any atom is 0.295 e. The number of aliphatic hydroxyl groups is 1. The van der Waals surface area contributed by atoms with Crippen molar-refractivity contribution in [3.05, 3.63) is 71.3 Å². The number of carbonyl (C=O) groups is 2. The molecule has 1 aliphatic rings. The third kappa shape index (κ3) is 4.25. The van der Waals surface area contributed by atoms with Crippen LogP contribution in [0.4, 0.5) is 0 Å². The van der Waals surface area contributed by atoms with Crippen LogP contribution in [0.3, 0.4) is 0 Å². The zero-order valence-corrected chi connectivity index (χ0v) is 18.3. The molecule has 0 radical (unpaired) electrons. The van der Waals surface area contributed by atoms with Crippen molar-refractivity contribution in [3.63, 3.8) is 0 Å². The summed E-state index contributed by atoms with van der Waals surface area (Å²) < 4.78 is 30.7. The average Bonchev–Trinajstić information content (AvgIpc) is 3.02. The minimum atomic E-state index is -3.64. The highest BCUT2D eigenvalue weighted by molar-refractivity contribution is 7.89. The molecule has 1 atom stereocenters. The van der Waals surface area contributed by atoms with Gasteiger partial charge in [0.05, 0.1) is 23.1 Å². The summed E-state index contributed by atoms with van der Waals surface area (Å²) in [5.41, 5.74) is 0.866. The van der Waals surface area contributed by atoms with Crippen LogP contribution in [0, 0.1) is 0 Å². The number of ether oxygens (including phenoxy) is 1. The number of benzene rings is 2. The Bertz CT molecular complexity index is 1110. The van der Waals surface area contributed by atoms with Crippen LogP contribution in [-0.2, 0) is 24.3 Å². The number of aliphatic hydroxyl groups excluding tert-OH is 1. The summed E-state index contributed by atoms with van der Waals surface area (Å²) in [5, 5.41) is 11.0. The molecule has 0 bridgehead atoms. The molecule has 1 saturated heterocycles. The van der Waals surface area contributed by atoms with Crippen LogP contribution < -0.4 is 0 Å². The van der Waals surface area contributed by atoms with Crippen LogP contribution in [-0.4, -0.2) is 68.8 Å². The van der Waals surface area contributed by atoms with Crippen LogP contribution in [0.5, 0.6) is 0 Å². The van der Waals surface area contributed by atoms with Crippen molar-refractivity contribution >= 4 is 27.5 Å². The first-order valence-electron chi connectivity index (χ1n) is 9.55. The van der Waals surface area contributed by atoms with Crippen molar-refractivity contribution in [1.29, 1.82) is 0 Å². The summed E-state index contributed by atoms with van der Waals surface area (Å²) in [5.74, 6) is -1.88. The second-order valence-electron chi connectivity index (χ2n) is 7.21. The number of methoxy groups -OCH3 is 1. The minimum Gasteiger partial charge on any atom is -0.507 e. The molecule has 1 aliphatic heterocycles. The zero-order chi connectivity index (χ0) is 22.8. The molecule has 0 unspecified atom stereocenters. The fraction of sp³-hybridized carbons (Fsp3) is 0.273. The van der Waals surface area contributed by atoms with Crippen LogP contribution in [0.1, 0.15) is 17.2 Å². The van der Waals surface area contributed by atoms with Crippen molar-refractivity contribution in [2.75, 3.05) is 34.4 Å². The van der Waals surface area contributed by atoms with Gasteiger partial charge in [0.1, 0.15) is 5.76 Å². The van der Waals surface area contributed by atoms with E-state index in [0.717, 1.165) is 4.31 Å². The Morgan fingerprint density at radius 1 is 1.06 bits per heavy atom. The molecule has 0 spiro atoms. The number of hydrogen-bond acceptors (Lipinski definition) is 6. The lowest BCUT2D eigenvalue weighted by molar-refractivity contribution is -0.140. The van der Waals surface area contributed by atoms with Gasteiger partial charge in [-0.25, -0.2) is 12.7 Å². The molecule has 1 amide bonds. The van der Waals surface area contributed by atoms with Crippen LogP contribution in [0.2, 0.25) is 0 Å². The Morgan fingerprint density at radius 2 is 1.68 bits per heavy atom. The standard InChI is InChI=1S/C22H24N2O6S/c1-23(2)31(28,29)17-11-9-16(10-12-17)20(25)18-19(15-7-5-4-6-8-15)24(13-14-30-3)22(27)21(18)26/h4-12,19,25H,13-14H2,1-3H3/b20-18+/t19-/m1/s1. The fourth-order valence-electron chi connectivity index (χ4n) is 3.43. The van der Waals surface area contributed by atoms with E-state index in [0.29, 0.717) is 5.56 Å². The predicted octanol–water partition coefficient (Wildman–Crippen LogP) is 2.00. The van der Waals surface area contributed by atoms with Crippen molar-refractivity contribution in [1.82, 2.24) is 9.21 Å². The molecule has 31 heavy (non-hydrogen) atoms. The number of nitrogens with zero attached hydrogens (tertiary/aromatic N) is 2. The topological polar surface area (TPSA) is 104 Å². The summed E-state index contributed by atoms with van der Waals surface area (Å²) in [6.07, 6.45) is 0. The van der Waals surface area contributed by atoms with Gasteiger partial charge in [0.15, 0.2) is 0 Å². The molecule has 1 fully saturated rings. The number of sulfonamides is 1. The molecule has 0 saturated carbocycles. The summed E-state index contributed by atoms with van der Waals surface area (Å²) in [6, 6.07) is 13.7. The lowest BCUT2D eigenvalue weighted by atomic mass is 9.95. The van der Waals surface area contributed by atoms with Gasteiger partial charge in [-0.3, -0.25) is 9.59 Å². The third-order valence-corrected chi connectivity index (χ3v) is 6.93. The first-order valence-corrected chi connectivity index (χ1v) is 11.0. The van der Waals surface area contributed by atoms with Gasteiger partial charge in [-0.2, -0.15) is 0 Å². The van der Waals surface area contributed by atoms with Crippen LogP contribution in [0.15, 0.2) is 65.1 Å². The smallest absolute Gasteiger partial charge is 0.295 e. The van der Waals surface area contributed by atoms with Crippen LogP contribution >= 0.6 is 0 Å². The highest BCUT2D eigenvalue weighted by Gasteiger charge is 2.45. The van der Waals surface area contributed by atoms with Gasteiger partial charge >= 0.3 is 0 Å². The van der Waals surface area contributed by atoms with E-state index in [1.807, 2.05) is 6.07 Å². The van der Waals surface area contributed by atoms with Crippen molar-refractivity contribution in [2.24, 2.45) is 0 Å². The van der Waals surface area contributed by atoms with E-state index in [9.17, 15) is 23.1 Å². The summed E-state index contributed by atoms with van der Waals surface area (Å²) >= 11 is 0. The molecule has 1 heterocycles. The zero-order valence-electron chi connectivity index (χ0n) is 17.5. The van der Waals surface area contributed by atoms with Crippen LogP contribution in [0.25, 0.3) is 5.76 Å². The number of amides is 1. The maximum absolute atomic E-state index is 12.8. The molecule has 1 N–H and O–H groups in total. The molecule has 2 aromatic rings. The lowest BCUT2D eigenvalue weighted by Gasteiger charge is -2.25. The Labute approximate surface area is 181 Å². The van der Waals surface area contributed by atoms with E-state index in [1.165, 1.54) is 50.4 Å². The van der Waals surface area contributed by atoms with E-state index in [4.69, 9.17) is 4.74 Å². The minimum absolute atomic E-state index is 0.0458. The van der Waals surface area contributed by atoms with Gasteiger partial charge in [-0.05, 0) is 29.8 Å². The van der Waals surface area contributed by atoms with Gasteiger partial charge in [-0.1, -0.05) is 30.3 Å². The number of Topliss-reactive ketones (excluding diaryl/α,β-unsaturated/α-hetero) is 1. The first kappa shape index (κ1) is 22.7. The SMILES string of the molecule is COCCN1C(=O)C(=O)/C(=C(/O)c2ccc(S(=O)(=O)N(C)C)cc2)[C@H]1c1ccccc1. The van der Waals surface area contributed by atoms with Gasteiger partial charge < -0.3 is 14.7 Å². The van der Waals surface area contributed by atoms with Gasteiger partial charge in [0, 0.05) is 33.3 Å². The van der Waals surface area contributed by atoms with E-state index < -0.39 is 27.8 Å². The summed E-state index contributed by atoms with van der Waals surface area (Å²) in [7, 11) is 0.702. The quantitative estimate of drug-likeness (QED) is 0.398. The van der Waals surface area contributed by atoms with E-state index >= 15 is 0 Å². The molecule has 8 nitrogen and oxygen atoms in total. The summed E-state index contributed by atoms with van der Waals surface area (Å²) in [4.78, 5) is 27.0. The second kappa shape index (κ2) is 9.01. The monoisotopic (exact) mass is 444 g/mol. The van der Waals surface area contributed by atoms with Crippen molar-refractivity contribution < 1.29 is 27.9 Å². The Kier molecular flexibility index (Phi) is 6.59. The third-order valence-electron chi connectivity index (χ3n) is 5.10. The van der Waals surface area contributed by atoms with Crippen molar-refractivity contribution in [2.45, 2.75) is 10.9 Å². The molecule has 0 aromatic heterocycles. The number of carbonyl (C=O) groups excluding carboxylic acids is 2. The highest BCUT2D eigenvalue weighted by atomic mass is 32.2. The molecule has 0 aliphatic carbocycles. The second-order valence-corrected chi connectivity index (χ2v) is 9.36. The fourth-order valence-corrected chi connectivity index (χ4v) is 4.33. The van der Waals surface area contributed by atoms with Gasteiger partial charge in [-0.15, -0.1) is 0 Å². The Morgan fingerprint density at radius 3 is 2.23 bits per heavy atom. The van der Waals surface area contributed by atoms with E-state index in [-0.39, 0.29) is 34.9 Å². The van der Waals surface area contributed by atoms with E-state index in [2.05, 4.69) is 0 Å². The number of likely N-dealkylation sites (tertiary alicyclic amines) is 1. The Balaban J connectivity index is 2.10. The lowest BCUT2D eigenvalue weighted by Crippen LogP contribution is -2.32. The average molecular weight is 445 g/mol. The van der Waals surface area contributed by atoms with Crippen molar-refractivity contribution in [3.8, 4) is 0 Å². The molecule has 2 aromatic carbocycles. The number of ketones is 1. The Hall–Kier alpha value is -3.01. The van der Waals surface area contributed by atoms with Gasteiger partial charge in [0.25, 0.3) is 11.7 Å². The highest BCUT2D eigenvalue weighted by Crippen LogP contribution is 2.39. The number of rotatable bonds is 7. The van der Waals surface area contributed by atoms with Gasteiger partial charge in [0.2, 0.25) is 10.0 Å². The molecular weight excluding hydrogens is 420 g/mol.